The Morgan fingerprint density at radius 2 is 2.00 bits per heavy atom. The van der Waals surface area contributed by atoms with Gasteiger partial charge in [-0.2, -0.15) is 0 Å². The van der Waals surface area contributed by atoms with Gasteiger partial charge in [-0.15, -0.1) is 0 Å². The number of fused-ring (bicyclic) bond motifs is 1. The number of aromatic amines is 1. The summed E-state index contributed by atoms with van der Waals surface area (Å²) in [6, 6.07) is 6.08. The summed E-state index contributed by atoms with van der Waals surface area (Å²) < 4.78 is 0. The Labute approximate surface area is 128 Å². The molecule has 1 amide bonds. The lowest BCUT2D eigenvalue weighted by Crippen LogP contribution is -2.44. The van der Waals surface area contributed by atoms with Gasteiger partial charge in [-0.25, -0.2) is 0 Å². The molecule has 4 nitrogen and oxygen atoms in total. The summed E-state index contributed by atoms with van der Waals surface area (Å²) in [4.78, 5) is 17.6. The molecule has 3 heterocycles. The first-order chi connectivity index (χ1) is 10.2. The molecular weight excluding hydrogens is 286 g/mol. The van der Waals surface area contributed by atoms with Gasteiger partial charge in [0.25, 0.3) is 0 Å². The summed E-state index contributed by atoms with van der Waals surface area (Å²) in [5.74, 6) is 0.250. The van der Waals surface area contributed by atoms with Gasteiger partial charge in [0.15, 0.2) is 0 Å². The highest BCUT2D eigenvalue weighted by molar-refractivity contribution is 6.31. The molecule has 5 heteroatoms. The molecule has 2 saturated heterocycles. The van der Waals surface area contributed by atoms with Crippen LogP contribution in [0.15, 0.2) is 24.4 Å². The second kappa shape index (κ2) is 4.67. The Kier molecular flexibility index (Phi) is 2.89. The molecule has 2 aromatic rings. The Hall–Kier alpha value is -1.68. The van der Waals surface area contributed by atoms with E-state index in [0.29, 0.717) is 0 Å². The number of halogens is 1. The number of piperidine rings is 1. The van der Waals surface area contributed by atoms with Crippen molar-refractivity contribution in [1.29, 1.82) is 0 Å². The van der Waals surface area contributed by atoms with E-state index in [1.165, 1.54) is 11.1 Å². The van der Waals surface area contributed by atoms with E-state index in [9.17, 15) is 4.79 Å². The zero-order valence-electron chi connectivity index (χ0n) is 11.8. The highest BCUT2D eigenvalue weighted by atomic mass is 35.5. The van der Waals surface area contributed by atoms with Crippen LogP contribution in [0.2, 0.25) is 5.02 Å². The monoisotopic (exact) mass is 303 g/mol. The van der Waals surface area contributed by atoms with Gasteiger partial charge in [-0.3, -0.25) is 4.79 Å². The predicted octanol–water partition coefficient (Wildman–Crippen LogP) is 2.93. The highest BCUT2D eigenvalue weighted by Crippen LogP contribution is 2.40. The number of anilines is 1. The number of nitrogens with zero attached hydrogens (tertiary/aromatic N) is 1. The van der Waals surface area contributed by atoms with Crippen molar-refractivity contribution in [3.8, 4) is 0 Å². The summed E-state index contributed by atoms with van der Waals surface area (Å²) in [5, 5.41) is 4.93. The lowest BCUT2D eigenvalue weighted by Gasteiger charge is -2.38. The van der Waals surface area contributed by atoms with Crippen molar-refractivity contribution >= 4 is 34.1 Å². The zero-order chi connectivity index (χ0) is 14.4. The Morgan fingerprint density at radius 1 is 1.19 bits per heavy atom. The number of nitrogens with one attached hydrogen (secondary N) is 2. The Bertz CT molecular complexity index is 701. The number of carbonyl (C=O) groups is 1. The normalized spacial score (nSPS) is 21.2. The number of carbonyl (C=O) groups excluding carboxylic acids is 1. The van der Waals surface area contributed by atoms with Crippen molar-refractivity contribution in [2.45, 2.75) is 19.3 Å². The first kappa shape index (κ1) is 13.0. The van der Waals surface area contributed by atoms with Crippen LogP contribution in [0.25, 0.3) is 10.9 Å². The maximum Gasteiger partial charge on any atom is 0.226 e. The molecule has 21 heavy (non-hydrogen) atoms. The topological polar surface area (TPSA) is 48.1 Å². The quantitative estimate of drug-likeness (QED) is 0.851. The van der Waals surface area contributed by atoms with Gasteiger partial charge in [0.1, 0.15) is 0 Å². The van der Waals surface area contributed by atoms with Gasteiger partial charge in [0.05, 0.1) is 5.41 Å². The number of aromatic nitrogens is 1. The summed E-state index contributed by atoms with van der Waals surface area (Å²) in [6.45, 7) is 2.65. The minimum absolute atomic E-state index is 0.119. The molecule has 0 unspecified atom stereocenters. The van der Waals surface area contributed by atoms with Crippen LogP contribution in [0.1, 0.15) is 19.3 Å². The van der Waals surface area contributed by atoms with Crippen molar-refractivity contribution in [2.75, 3.05) is 24.5 Å². The molecule has 2 aliphatic heterocycles. The lowest BCUT2D eigenvalue weighted by molar-refractivity contribution is -0.128. The molecule has 2 fully saturated rings. The van der Waals surface area contributed by atoms with Crippen molar-refractivity contribution in [3.63, 3.8) is 0 Å². The average Bonchev–Trinajstić information content (AvgIpc) is 3.07. The molecule has 0 radical (unpaired) electrons. The summed E-state index contributed by atoms with van der Waals surface area (Å²) in [5.41, 5.74) is 2.12. The standard InChI is InChI=1S/C16H18ClN3O/c17-11-9-13-12(1-5-18-13)14(10-11)20-7-3-16(4-8-20)2-6-19-15(16)21/h1,5,9-10,18H,2-4,6-8H2,(H,19,21). The third kappa shape index (κ3) is 2.01. The van der Waals surface area contributed by atoms with Gasteiger partial charge < -0.3 is 15.2 Å². The second-order valence-corrected chi connectivity index (χ2v) is 6.57. The van der Waals surface area contributed by atoms with E-state index < -0.39 is 0 Å². The van der Waals surface area contributed by atoms with Crippen LogP contribution >= 0.6 is 11.6 Å². The van der Waals surface area contributed by atoms with E-state index in [0.717, 1.165) is 49.4 Å². The highest BCUT2D eigenvalue weighted by Gasteiger charge is 2.44. The second-order valence-electron chi connectivity index (χ2n) is 6.14. The molecule has 1 aromatic carbocycles. The van der Waals surface area contributed by atoms with E-state index >= 15 is 0 Å². The zero-order valence-corrected chi connectivity index (χ0v) is 12.5. The molecule has 4 rings (SSSR count). The maximum absolute atomic E-state index is 12.1. The summed E-state index contributed by atoms with van der Waals surface area (Å²) in [7, 11) is 0. The maximum atomic E-state index is 12.1. The molecule has 110 valence electrons. The summed E-state index contributed by atoms with van der Waals surface area (Å²) in [6.07, 6.45) is 4.78. The number of benzene rings is 1. The first-order valence-corrected chi connectivity index (χ1v) is 7.86. The first-order valence-electron chi connectivity index (χ1n) is 7.48. The minimum atomic E-state index is -0.119. The SMILES string of the molecule is O=C1NCCC12CCN(c1cc(Cl)cc3[nH]ccc13)CC2. The number of hydrogen-bond donors (Lipinski definition) is 2. The van der Waals surface area contributed by atoms with Crippen molar-refractivity contribution in [3.05, 3.63) is 29.4 Å². The number of hydrogen-bond acceptors (Lipinski definition) is 2. The van der Waals surface area contributed by atoms with Crippen LogP contribution in [0.4, 0.5) is 5.69 Å². The van der Waals surface area contributed by atoms with E-state index in [2.05, 4.69) is 21.3 Å². The smallest absolute Gasteiger partial charge is 0.226 e. The van der Waals surface area contributed by atoms with Crippen molar-refractivity contribution in [1.82, 2.24) is 10.3 Å². The number of amides is 1. The minimum Gasteiger partial charge on any atom is -0.371 e. The fourth-order valence-electron chi connectivity index (χ4n) is 3.74. The molecular formula is C16H18ClN3O. The molecule has 0 bridgehead atoms. The van der Waals surface area contributed by atoms with Crippen LogP contribution in [0.3, 0.4) is 0 Å². The molecule has 2 aliphatic rings. The largest absolute Gasteiger partial charge is 0.371 e. The van der Waals surface area contributed by atoms with Gasteiger partial charge in [0.2, 0.25) is 5.91 Å². The molecule has 0 atom stereocenters. The van der Waals surface area contributed by atoms with Crippen molar-refractivity contribution in [2.24, 2.45) is 5.41 Å². The van der Waals surface area contributed by atoms with Crippen molar-refractivity contribution < 1.29 is 4.79 Å². The molecule has 0 saturated carbocycles. The van der Waals surface area contributed by atoms with Gasteiger partial charge in [-0.1, -0.05) is 11.6 Å². The lowest BCUT2D eigenvalue weighted by atomic mass is 9.77. The number of rotatable bonds is 1. The number of H-pyrrole nitrogens is 1. The Balaban J connectivity index is 1.63. The molecule has 0 aliphatic carbocycles. The predicted molar refractivity (Wildman–Crippen MR) is 84.8 cm³/mol. The molecule has 2 N–H and O–H groups in total. The van der Waals surface area contributed by atoms with E-state index in [-0.39, 0.29) is 11.3 Å². The fraction of sp³-hybridized carbons (Fsp3) is 0.438. The van der Waals surface area contributed by atoms with Crippen LogP contribution in [0, 0.1) is 5.41 Å². The van der Waals surface area contributed by atoms with E-state index in [1.54, 1.807) is 0 Å². The van der Waals surface area contributed by atoms with Gasteiger partial charge in [0, 0.05) is 47.4 Å². The molecule has 1 spiro atoms. The van der Waals surface area contributed by atoms with Crippen LogP contribution in [0.5, 0.6) is 0 Å². The fourth-order valence-corrected chi connectivity index (χ4v) is 3.96. The van der Waals surface area contributed by atoms with Crippen LogP contribution in [-0.4, -0.2) is 30.5 Å². The van der Waals surface area contributed by atoms with E-state index in [4.69, 9.17) is 11.6 Å². The third-order valence-electron chi connectivity index (χ3n) is 5.04. The summed E-state index contributed by atoms with van der Waals surface area (Å²) >= 11 is 6.23. The van der Waals surface area contributed by atoms with Gasteiger partial charge in [-0.05, 0) is 37.5 Å². The Morgan fingerprint density at radius 3 is 2.71 bits per heavy atom. The van der Waals surface area contributed by atoms with Crippen LogP contribution < -0.4 is 10.2 Å². The van der Waals surface area contributed by atoms with Crippen LogP contribution in [-0.2, 0) is 4.79 Å². The molecule has 1 aromatic heterocycles. The van der Waals surface area contributed by atoms with E-state index in [1.807, 2.05) is 18.3 Å². The van der Waals surface area contributed by atoms with Gasteiger partial charge >= 0.3 is 0 Å². The third-order valence-corrected chi connectivity index (χ3v) is 5.26. The average molecular weight is 304 g/mol.